The number of carbonyl (C=O) groups is 2. The SMILES string of the molecule is CCn1c(C(=O)NC2CCCCC2)nc2c(NC3CCN(C(=O)C4CC4)C3)ncnc21. The highest BCUT2D eigenvalue weighted by atomic mass is 16.2. The van der Waals surface area contributed by atoms with Crippen LogP contribution in [0, 0.1) is 5.92 Å². The second-order valence-electron chi connectivity index (χ2n) is 9.07. The predicted octanol–water partition coefficient (Wildman–Crippen LogP) is 2.33. The molecule has 31 heavy (non-hydrogen) atoms. The van der Waals surface area contributed by atoms with E-state index >= 15 is 0 Å². The fourth-order valence-corrected chi connectivity index (χ4v) is 4.87. The zero-order valence-electron chi connectivity index (χ0n) is 18.1. The molecule has 0 bridgehead atoms. The Morgan fingerprint density at radius 2 is 1.87 bits per heavy atom. The number of carbonyl (C=O) groups excluding carboxylic acids is 2. The molecule has 1 aliphatic heterocycles. The molecule has 1 atom stereocenters. The number of imidazole rings is 1. The molecule has 9 nitrogen and oxygen atoms in total. The first-order valence-electron chi connectivity index (χ1n) is 11.7. The van der Waals surface area contributed by atoms with Crippen molar-refractivity contribution in [3.05, 3.63) is 12.2 Å². The summed E-state index contributed by atoms with van der Waals surface area (Å²) in [4.78, 5) is 40.8. The molecule has 9 heteroatoms. The number of nitrogens with zero attached hydrogens (tertiary/aromatic N) is 5. The maximum absolute atomic E-state index is 13.0. The molecular weight excluding hydrogens is 394 g/mol. The van der Waals surface area contributed by atoms with E-state index in [1.165, 1.54) is 12.7 Å². The minimum absolute atomic E-state index is 0.132. The van der Waals surface area contributed by atoms with Crippen LogP contribution in [0.4, 0.5) is 5.82 Å². The van der Waals surface area contributed by atoms with Gasteiger partial charge in [0.25, 0.3) is 5.91 Å². The molecule has 0 aromatic carbocycles. The third-order valence-corrected chi connectivity index (χ3v) is 6.76. The summed E-state index contributed by atoms with van der Waals surface area (Å²) >= 11 is 0. The van der Waals surface area contributed by atoms with Gasteiger partial charge in [-0.3, -0.25) is 9.59 Å². The average molecular weight is 426 g/mol. The number of likely N-dealkylation sites (tertiary alicyclic amines) is 1. The van der Waals surface area contributed by atoms with E-state index in [4.69, 9.17) is 0 Å². The quantitative estimate of drug-likeness (QED) is 0.736. The maximum atomic E-state index is 13.0. The fourth-order valence-electron chi connectivity index (χ4n) is 4.87. The summed E-state index contributed by atoms with van der Waals surface area (Å²) < 4.78 is 1.86. The van der Waals surface area contributed by atoms with Crippen molar-refractivity contribution in [2.75, 3.05) is 18.4 Å². The highest BCUT2D eigenvalue weighted by Crippen LogP contribution is 2.32. The summed E-state index contributed by atoms with van der Waals surface area (Å²) in [6.45, 7) is 4.06. The third kappa shape index (κ3) is 4.09. The van der Waals surface area contributed by atoms with E-state index in [1.807, 2.05) is 16.4 Å². The van der Waals surface area contributed by atoms with Gasteiger partial charge in [-0.05, 0) is 39.0 Å². The first-order chi connectivity index (χ1) is 15.1. The van der Waals surface area contributed by atoms with Gasteiger partial charge < -0.3 is 20.1 Å². The molecule has 1 saturated heterocycles. The van der Waals surface area contributed by atoms with Crippen LogP contribution < -0.4 is 10.6 Å². The Hall–Kier alpha value is -2.71. The molecule has 2 saturated carbocycles. The molecule has 3 fully saturated rings. The van der Waals surface area contributed by atoms with Crippen LogP contribution in [0.15, 0.2) is 6.33 Å². The number of aromatic nitrogens is 4. The Kier molecular flexibility index (Phi) is 5.50. The van der Waals surface area contributed by atoms with Crippen molar-refractivity contribution in [3.63, 3.8) is 0 Å². The van der Waals surface area contributed by atoms with E-state index in [2.05, 4.69) is 25.6 Å². The standard InChI is InChI=1S/C22H31N7O2/c1-2-29-19-17(27-20(29)21(30)26-15-6-4-3-5-7-15)18(23-13-24-19)25-16-10-11-28(12-16)22(31)14-8-9-14/h13-16H,2-12H2,1H3,(H,26,30)(H,23,24,25). The van der Waals surface area contributed by atoms with Crippen LogP contribution in [-0.4, -0.2) is 61.4 Å². The van der Waals surface area contributed by atoms with Gasteiger partial charge in [0, 0.05) is 37.6 Å². The lowest BCUT2D eigenvalue weighted by Gasteiger charge is -2.22. The lowest BCUT2D eigenvalue weighted by atomic mass is 9.95. The van der Waals surface area contributed by atoms with Crippen LogP contribution in [0.25, 0.3) is 11.2 Å². The number of fused-ring (bicyclic) bond motifs is 1. The molecule has 3 heterocycles. The summed E-state index contributed by atoms with van der Waals surface area (Å²) in [6, 6.07) is 0.357. The van der Waals surface area contributed by atoms with Crippen LogP contribution >= 0.6 is 0 Å². The van der Waals surface area contributed by atoms with Gasteiger partial charge in [-0.2, -0.15) is 0 Å². The lowest BCUT2D eigenvalue weighted by molar-refractivity contribution is -0.131. The largest absolute Gasteiger partial charge is 0.364 e. The Morgan fingerprint density at radius 3 is 2.61 bits per heavy atom. The summed E-state index contributed by atoms with van der Waals surface area (Å²) in [5.74, 6) is 1.42. The lowest BCUT2D eigenvalue weighted by Crippen LogP contribution is -2.37. The molecule has 166 valence electrons. The van der Waals surface area contributed by atoms with Crippen LogP contribution in [0.5, 0.6) is 0 Å². The zero-order valence-corrected chi connectivity index (χ0v) is 18.1. The first-order valence-corrected chi connectivity index (χ1v) is 11.7. The van der Waals surface area contributed by atoms with E-state index in [1.54, 1.807) is 0 Å². The fraction of sp³-hybridized carbons (Fsp3) is 0.682. The Balaban J connectivity index is 1.34. The van der Waals surface area contributed by atoms with Gasteiger partial charge in [0.2, 0.25) is 11.7 Å². The van der Waals surface area contributed by atoms with Crippen molar-refractivity contribution in [1.82, 2.24) is 29.7 Å². The van der Waals surface area contributed by atoms with E-state index in [0.717, 1.165) is 51.5 Å². The zero-order chi connectivity index (χ0) is 21.4. The Labute approximate surface area is 182 Å². The van der Waals surface area contributed by atoms with Crippen LogP contribution in [0.3, 0.4) is 0 Å². The minimum atomic E-state index is -0.139. The second kappa shape index (κ2) is 8.43. The van der Waals surface area contributed by atoms with E-state index in [9.17, 15) is 9.59 Å². The van der Waals surface area contributed by atoms with Gasteiger partial charge in [-0.15, -0.1) is 0 Å². The van der Waals surface area contributed by atoms with Gasteiger partial charge in [0.15, 0.2) is 17.0 Å². The summed E-state index contributed by atoms with van der Waals surface area (Å²) in [5, 5.41) is 6.62. The van der Waals surface area contributed by atoms with Crippen LogP contribution in [0.2, 0.25) is 0 Å². The predicted molar refractivity (Wildman–Crippen MR) is 117 cm³/mol. The molecule has 1 unspecified atom stereocenters. The molecule has 2 aromatic heterocycles. The van der Waals surface area contributed by atoms with Gasteiger partial charge in [-0.1, -0.05) is 19.3 Å². The summed E-state index contributed by atoms with van der Waals surface area (Å²) in [7, 11) is 0. The minimum Gasteiger partial charge on any atom is -0.364 e. The van der Waals surface area contributed by atoms with Crippen molar-refractivity contribution in [2.24, 2.45) is 5.92 Å². The molecule has 3 aliphatic rings. The first kappa shape index (κ1) is 20.2. The number of aryl methyl sites for hydroxylation is 1. The highest BCUT2D eigenvalue weighted by molar-refractivity contribution is 5.96. The average Bonchev–Trinajstić information content (AvgIpc) is 3.41. The smallest absolute Gasteiger partial charge is 0.287 e. The Morgan fingerprint density at radius 1 is 1.06 bits per heavy atom. The number of nitrogens with one attached hydrogen (secondary N) is 2. The van der Waals surface area contributed by atoms with Crippen molar-refractivity contribution < 1.29 is 9.59 Å². The summed E-state index contributed by atoms with van der Waals surface area (Å²) in [6.07, 6.45) is 10.1. The van der Waals surface area contributed by atoms with Crippen molar-refractivity contribution in [1.29, 1.82) is 0 Å². The highest BCUT2D eigenvalue weighted by Gasteiger charge is 2.37. The molecule has 5 rings (SSSR count). The van der Waals surface area contributed by atoms with Gasteiger partial charge in [0.1, 0.15) is 6.33 Å². The molecule has 0 spiro atoms. The third-order valence-electron chi connectivity index (χ3n) is 6.76. The van der Waals surface area contributed by atoms with Crippen LogP contribution in [-0.2, 0) is 11.3 Å². The van der Waals surface area contributed by atoms with Crippen molar-refractivity contribution >= 4 is 28.8 Å². The molecule has 2 aromatic rings. The number of hydrogen-bond acceptors (Lipinski definition) is 6. The second-order valence-corrected chi connectivity index (χ2v) is 9.07. The number of rotatable bonds is 6. The van der Waals surface area contributed by atoms with Crippen molar-refractivity contribution in [3.8, 4) is 0 Å². The molecule has 2 aliphatic carbocycles. The number of anilines is 1. The van der Waals surface area contributed by atoms with E-state index < -0.39 is 0 Å². The van der Waals surface area contributed by atoms with Crippen LogP contribution in [0.1, 0.15) is 68.9 Å². The Bertz CT molecular complexity index is 978. The van der Waals surface area contributed by atoms with E-state index in [0.29, 0.717) is 35.9 Å². The molecule has 2 amide bonds. The van der Waals surface area contributed by atoms with Gasteiger partial charge in [0.05, 0.1) is 0 Å². The summed E-state index contributed by atoms with van der Waals surface area (Å²) in [5.41, 5.74) is 1.28. The van der Waals surface area contributed by atoms with E-state index in [-0.39, 0.29) is 29.8 Å². The molecule has 2 N–H and O–H groups in total. The van der Waals surface area contributed by atoms with Crippen molar-refractivity contribution in [2.45, 2.75) is 76.9 Å². The number of amides is 2. The monoisotopic (exact) mass is 425 g/mol. The maximum Gasteiger partial charge on any atom is 0.287 e. The number of hydrogen-bond donors (Lipinski definition) is 2. The molecular formula is C22H31N7O2. The normalized spacial score (nSPS) is 22.1. The van der Waals surface area contributed by atoms with Gasteiger partial charge >= 0.3 is 0 Å². The topological polar surface area (TPSA) is 105 Å². The van der Waals surface area contributed by atoms with Gasteiger partial charge in [-0.25, -0.2) is 15.0 Å². The molecule has 0 radical (unpaired) electrons.